The van der Waals surface area contributed by atoms with E-state index in [2.05, 4.69) is 0 Å². The molecule has 0 bridgehead atoms. The summed E-state index contributed by atoms with van der Waals surface area (Å²) in [6.07, 6.45) is -2.57. The number of hydrogen-bond donors (Lipinski definition) is 2. The number of carboxylic acid groups (broad SMARTS) is 1. The summed E-state index contributed by atoms with van der Waals surface area (Å²) in [4.78, 5) is 13.4. The number of halogens is 2. The van der Waals surface area contributed by atoms with E-state index in [1.54, 1.807) is 52.0 Å². The molecule has 2 atom stereocenters. The third kappa shape index (κ3) is 4.08. The van der Waals surface area contributed by atoms with Gasteiger partial charge in [-0.1, -0.05) is 29.8 Å². The maximum absolute atomic E-state index is 14.0. The first-order valence-electron chi connectivity index (χ1n) is 8.73. The number of hydrogen-bond acceptors (Lipinski definition) is 3. The van der Waals surface area contributed by atoms with Crippen molar-refractivity contribution in [3.05, 3.63) is 64.4 Å². The first kappa shape index (κ1) is 22.0. The Morgan fingerprint density at radius 3 is 2.14 bits per heavy atom. The van der Waals surface area contributed by atoms with Crippen LogP contribution in [0, 0.1) is 5.82 Å². The molecule has 152 valence electrons. The van der Waals surface area contributed by atoms with E-state index in [4.69, 9.17) is 16.3 Å². The summed E-state index contributed by atoms with van der Waals surface area (Å²) >= 11 is 5.76. The zero-order valence-electron chi connectivity index (χ0n) is 16.5. The summed E-state index contributed by atoms with van der Waals surface area (Å²) in [5.74, 6) is -0.0938. The molecule has 0 spiro atoms. The van der Waals surface area contributed by atoms with Crippen LogP contribution in [-0.4, -0.2) is 33.9 Å². The predicted octanol–water partition coefficient (Wildman–Crippen LogP) is 5.22. The molecule has 28 heavy (non-hydrogen) atoms. The average molecular weight is 410 g/mol. The minimum atomic E-state index is -1.42. The van der Waals surface area contributed by atoms with Crippen molar-refractivity contribution in [2.75, 3.05) is 7.11 Å². The highest BCUT2D eigenvalue weighted by atomic mass is 35.5. The molecule has 0 saturated carbocycles. The van der Waals surface area contributed by atoms with Gasteiger partial charge in [0, 0.05) is 5.54 Å². The number of nitrogens with zero attached hydrogens (tertiary/aromatic N) is 1. The van der Waals surface area contributed by atoms with Crippen molar-refractivity contribution in [3.8, 4) is 5.75 Å². The van der Waals surface area contributed by atoms with Crippen LogP contribution in [0.4, 0.5) is 9.18 Å². The summed E-state index contributed by atoms with van der Waals surface area (Å²) in [5.41, 5.74) is -1.52. The molecule has 2 aromatic rings. The van der Waals surface area contributed by atoms with Gasteiger partial charge in [0.1, 0.15) is 17.7 Å². The Bertz CT molecular complexity index is 850. The third-order valence-electron chi connectivity index (χ3n) is 4.79. The van der Waals surface area contributed by atoms with Gasteiger partial charge >= 0.3 is 6.09 Å². The van der Waals surface area contributed by atoms with Crippen molar-refractivity contribution in [2.45, 2.75) is 44.9 Å². The van der Waals surface area contributed by atoms with Crippen molar-refractivity contribution in [1.82, 2.24) is 4.90 Å². The van der Waals surface area contributed by atoms with Gasteiger partial charge in [-0.15, -0.1) is 0 Å². The van der Waals surface area contributed by atoms with Gasteiger partial charge < -0.3 is 14.9 Å². The normalized spacial score (nSPS) is 14.9. The smallest absolute Gasteiger partial charge is 0.408 e. The molecule has 0 aliphatic heterocycles. The van der Waals surface area contributed by atoms with Crippen molar-refractivity contribution in [1.29, 1.82) is 0 Å². The quantitative estimate of drug-likeness (QED) is 0.710. The molecule has 0 aliphatic carbocycles. The van der Waals surface area contributed by atoms with Crippen LogP contribution in [0.1, 0.15) is 44.9 Å². The monoisotopic (exact) mass is 409 g/mol. The lowest BCUT2D eigenvalue weighted by molar-refractivity contribution is -0.0565. The fourth-order valence-corrected chi connectivity index (χ4v) is 3.64. The van der Waals surface area contributed by atoms with Crippen molar-refractivity contribution >= 4 is 17.7 Å². The molecule has 0 aliphatic rings. The zero-order valence-corrected chi connectivity index (χ0v) is 17.3. The zero-order chi connectivity index (χ0) is 21.3. The highest BCUT2D eigenvalue weighted by Gasteiger charge is 2.48. The van der Waals surface area contributed by atoms with Crippen LogP contribution in [0.3, 0.4) is 0 Å². The van der Waals surface area contributed by atoms with Gasteiger partial charge in [-0.25, -0.2) is 9.18 Å². The SMILES string of the molecule is COc1ccc(C(C)(C(O)c2ccc(Cl)c(F)c2)N(C(=O)O)C(C)(C)C)cc1. The second-order valence-electron chi connectivity index (χ2n) is 7.74. The Morgan fingerprint density at radius 2 is 1.71 bits per heavy atom. The first-order chi connectivity index (χ1) is 12.9. The minimum Gasteiger partial charge on any atom is -0.497 e. The Balaban J connectivity index is 2.72. The second kappa shape index (κ2) is 7.97. The number of methoxy groups -OCH3 is 1. The molecule has 2 aromatic carbocycles. The fourth-order valence-electron chi connectivity index (χ4n) is 3.53. The summed E-state index contributed by atoms with van der Waals surface area (Å²) < 4.78 is 19.2. The Morgan fingerprint density at radius 1 is 1.14 bits per heavy atom. The first-order valence-corrected chi connectivity index (χ1v) is 9.11. The number of carbonyl (C=O) groups is 1. The van der Waals surface area contributed by atoms with E-state index in [9.17, 15) is 19.4 Å². The molecule has 0 heterocycles. The molecule has 5 nitrogen and oxygen atoms in total. The average Bonchev–Trinajstić information content (AvgIpc) is 2.61. The van der Waals surface area contributed by atoms with Crippen LogP contribution in [0.2, 0.25) is 5.02 Å². The van der Waals surface area contributed by atoms with E-state index in [1.807, 2.05) is 0 Å². The lowest BCUT2D eigenvalue weighted by Gasteiger charge is -2.49. The van der Waals surface area contributed by atoms with Crippen LogP contribution >= 0.6 is 11.6 Å². The van der Waals surface area contributed by atoms with E-state index >= 15 is 0 Å². The number of ether oxygens (including phenoxy) is 1. The summed E-state index contributed by atoms with van der Waals surface area (Å²) in [5, 5.41) is 21.2. The molecule has 0 fully saturated rings. The maximum atomic E-state index is 14.0. The largest absolute Gasteiger partial charge is 0.497 e. The van der Waals surface area contributed by atoms with Gasteiger partial charge in [-0.2, -0.15) is 0 Å². The van der Waals surface area contributed by atoms with Crippen molar-refractivity contribution < 1.29 is 24.1 Å². The molecule has 0 saturated heterocycles. The van der Waals surface area contributed by atoms with E-state index < -0.39 is 29.1 Å². The van der Waals surface area contributed by atoms with Crippen LogP contribution in [0.5, 0.6) is 5.75 Å². The second-order valence-corrected chi connectivity index (χ2v) is 8.15. The molecule has 2 rings (SSSR count). The van der Waals surface area contributed by atoms with Crippen LogP contribution in [0.25, 0.3) is 0 Å². The van der Waals surface area contributed by atoms with E-state index in [-0.39, 0.29) is 10.6 Å². The number of benzene rings is 2. The molecule has 0 aromatic heterocycles. The van der Waals surface area contributed by atoms with Gasteiger partial charge in [0.15, 0.2) is 0 Å². The van der Waals surface area contributed by atoms with E-state index in [1.165, 1.54) is 24.1 Å². The molecule has 2 unspecified atom stereocenters. The predicted molar refractivity (Wildman–Crippen MR) is 106 cm³/mol. The molecular formula is C21H25ClFNO4. The molecule has 1 amide bonds. The van der Waals surface area contributed by atoms with Gasteiger partial charge in [-0.3, -0.25) is 4.90 Å². The van der Waals surface area contributed by atoms with Gasteiger partial charge in [-0.05, 0) is 63.1 Å². The van der Waals surface area contributed by atoms with Crippen molar-refractivity contribution in [3.63, 3.8) is 0 Å². The highest BCUT2D eigenvalue weighted by molar-refractivity contribution is 6.30. The van der Waals surface area contributed by atoms with Crippen LogP contribution < -0.4 is 4.74 Å². The topological polar surface area (TPSA) is 70.0 Å². The number of amides is 1. The Labute approximate surface area is 169 Å². The number of aliphatic hydroxyl groups is 1. The third-order valence-corrected chi connectivity index (χ3v) is 5.10. The minimum absolute atomic E-state index is 0.0759. The highest BCUT2D eigenvalue weighted by Crippen LogP contribution is 2.44. The number of rotatable bonds is 5. The van der Waals surface area contributed by atoms with Gasteiger partial charge in [0.2, 0.25) is 0 Å². The van der Waals surface area contributed by atoms with Gasteiger partial charge in [0.25, 0.3) is 0 Å². The number of aliphatic hydroxyl groups excluding tert-OH is 1. The lowest BCUT2D eigenvalue weighted by atomic mass is 9.79. The summed E-state index contributed by atoms with van der Waals surface area (Å²) in [7, 11) is 1.53. The summed E-state index contributed by atoms with van der Waals surface area (Å²) in [6.45, 7) is 6.82. The maximum Gasteiger partial charge on any atom is 0.408 e. The van der Waals surface area contributed by atoms with Crippen LogP contribution in [0.15, 0.2) is 42.5 Å². The van der Waals surface area contributed by atoms with Crippen LogP contribution in [-0.2, 0) is 5.54 Å². The Hall–Kier alpha value is -2.31. The lowest BCUT2D eigenvalue weighted by Crippen LogP contribution is -2.58. The van der Waals surface area contributed by atoms with Gasteiger partial charge in [0.05, 0.1) is 17.7 Å². The standard InChI is InChI=1S/C21H25ClFNO4/c1-20(2,3)24(19(26)27)21(4,14-7-9-15(28-5)10-8-14)18(25)13-6-11-16(22)17(23)12-13/h6-12,18,25H,1-5H3,(H,26,27). The van der Waals surface area contributed by atoms with Crippen molar-refractivity contribution in [2.24, 2.45) is 0 Å². The van der Waals surface area contributed by atoms with E-state index in [0.29, 0.717) is 11.3 Å². The summed E-state index contributed by atoms with van der Waals surface area (Å²) in [6, 6.07) is 10.7. The molecule has 0 radical (unpaired) electrons. The molecule has 7 heteroatoms. The Kier molecular flexibility index (Phi) is 6.26. The molecular weight excluding hydrogens is 385 g/mol. The fraction of sp³-hybridized carbons (Fsp3) is 0.381. The molecule has 2 N–H and O–H groups in total. The van der Waals surface area contributed by atoms with E-state index in [0.717, 1.165) is 6.07 Å².